The van der Waals surface area contributed by atoms with Gasteiger partial charge in [-0.2, -0.15) is 0 Å². The van der Waals surface area contributed by atoms with E-state index >= 15 is 0 Å². The Labute approximate surface area is 183 Å². The lowest BCUT2D eigenvalue weighted by Gasteiger charge is -2.20. The lowest BCUT2D eigenvalue weighted by Crippen LogP contribution is -2.40. The van der Waals surface area contributed by atoms with E-state index < -0.39 is 26.1 Å². The number of methoxy groups -OCH3 is 1. The van der Waals surface area contributed by atoms with E-state index in [1.54, 1.807) is 43.5 Å². The van der Waals surface area contributed by atoms with Crippen molar-refractivity contribution in [2.75, 3.05) is 19.0 Å². The molecule has 0 unspecified atom stereocenters. The summed E-state index contributed by atoms with van der Waals surface area (Å²) in [6, 6.07) is 10.7. The molecule has 0 saturated carbocycles. The maximum Gasteiger partial charge on any atom is 0.408 e. The normalized spacial score (nSPS) is 12.0. The van der Waals surface area contributed by atoms with Gasteiger partial charge in [-0.25, -0.2) is 9.18 Å². The third kappa shape index (κ3) is 7.04. The maximum absolute atomic E-state index is 14.6. The molecule has 8 heteroatoms. The zero-order valence-electron chi connectivity index (χ0n) is 18.3. The minimum atomic E-state index is -1.84. The molecule has 2 aromatic carbocycles. The van der Waals surface area contributed by atoms with Gasteiger partial charge in [0.1, 0.15) is 18.5 Å². The quantitative estimate of drug-likeness (QED) is 0.451. The monoisotopic (exact) mass is 444 g/mol. The Hall–Kier alpha value is -2.97. The van der Waals surface area contributed by atoms with Gasteiger partial charge in [0.25, 0.3) is 5.91 Å². The van der Waals surface area contributed by atoms with E-state index in [2.05, 4.69) is 17.2 Å². The van der Waals surface area contributed by atoms with E-state index in [0.29, 0.717) is 23.0 Å². The van der Waals surface area contributed by atoms with Gasteiger partial charge < -0.3 is 20.1 Å². The van der Waals surface area contributed by atoms with E-state index in [1.807, 2.05) is 19.6 Å². The van der Waals surface area contributed by atoms with Gasteiger partial charge in [0, 0.05) is 12.8 Å². The van der Waals surface area contributed by atoms with E-state index in [9.17, 15) is 14.0 Å². The summed E-state index contributed by atoms with van der Waals surface area (Å²) in [5.41, 5.74) is 1.78. The Bertz CT molecular complexity index is 926. The van der Waals surface area contributed by atoms with Crippen molar-refractivity contribution in [3.05, 3.63) is 72.1 Å². The van der Waals surface area contributed by atoms with Gasteiger partial charge in [0.15, 0.2) is 0 Å². The molecule has 1 atom stereocenters. The lowest BCUT2D eigenvalue weighted by molar-refractivity contribution is -0.118. The number of carbonyl (C=O) groups is 2. The lowest BCUT2D eigenvalue weighted by atomic mass is 10.0. The Morgan fingerprint density at radius 1 is 1.16 bits per heavy atom. The molecule has 0 aliphatic heterocycles. The average Bonchev–Trinajstić information content (AvgIpc) is 2.70. The number of halogens is 1. The highest BCUT2D eigenvalue weighted by Gasteiger charge is 2.25. The Morgan fingerprint density at radius 3 is 2.39 bits per heavy atom. The fraction of sp³-hybridized carbons (Fsp3) is 0.304. The van der Waals surface area contributed by atoms with Crippen LogP contribution in [0.3, 0.4) is 0 Å². The van der Waals surface area contributed by atoms with Crippen LogP contribution in [0.25, 0.3) is 0 Å². The molecule has 0 fully saturated rings. The van der Waals surface area contributed by atoms with Gasteiger partial charge in [-0.1, -0.05) is 62.6 Å². The molecule has 0 bridgehead atoms. The molecule has 0 aromatic heterocycles. The van der Waals surface area contributed by atoms with Crippen LogP contribution in [0.4, 0.5) is 14.9 Å². The van der Waals surface area contributed by atoms with E-state index in [0.717, 1.165) is 5.56 Å². The molecule has 2 rings (SSSR count). The predicted octanol–water partition coefficient (Wildman–Crippen LogP) is 4.11. The molecular formula is C23H29FN2O4Si. The molecule has 31 heavy (non-hydrogen) atoms. The smallest absolute Gasteiger partial charge is 0.408 e. The zero-order chi connectivity index (χ0) is 23.0. The summed E-state index contributed by atoms with van der Waals surface area (Å²) in [7, 11) is -0.251. The predicted molar refractivity (Wildman–Crippen MR) is 123 cm³/mol. The molecule has 2 N–H and O–H groups in total. The number of carbonyl (C=O) groups excluding carboxylic acids is 2. The number of hydrogen-bond acceptors (Lipinski definition) is 4. The van der Waals surface area contributed by atoms with E-state index in [1.165, 1.54) is 12.1 Å². The van der Waals surface area contributed by atoms with Crippen LogP contribution in [-0.2, 0) is 20.9 Å². The summed E-state index contributed by atoms with van der Waals surface area (Å²) < 4.78 is 24.6. The number of alkyl carbamates (subject to hydrolysis) is 1. The van der Waals surface area contributed by atoms with Gasteiger partial charge in [-0.15, -0.1) is 0 Å². The fourth-order valence-corrected chi connectivity index (χ4v) is 4.35. The standard InChI is InChI=1S/C23H29FN2O4Si/c1-6-13-30-23(28)26-21(17-9-7-16(8-10-17)15-29-2)22(27)25-18-11-12-20(19(24)14-18)31(3,4)5/h6-12,14,21H,1,13,15H2,2-5H3,(H,25,27)(H,26,28)/t21-/m1/s1. The first-order valence-electron chi connectivity index (χ1n) is 9.88. The molecular weight excluding hydrogens is 415 g/mol. The van der Waals surface area contributed by atoms with Crippen molar-refractivity contribution in [2.45, 2.75) is 32.3 Å². The average molecular weight is 445 g/mol. The molecule has 0 heterocycles. The van der Waals surface area contributed by atoms with Crippen LogP contribution in [0.5, 0.6) is 0 Å². The number of anilines is 1. The largest absolute Gasteiger partial charge is 0.445 e. The van der Waals surface area contributed by atoms with E-state index in [4.69, 9.17) is 9.47 Å². The van der Waals surface area contributed by atoms with Crippen molar-refractivity contribution < 1.29 is 23.5 Å². The van der Waals surface area contributed by atoms with Gasteiger partial charge >= 0.3 is 6.09 Å². The third-order valence-electron chi connectivity index (χ3n) is 4.53. The van der Waals surface area contributed by atoms with Crippen molar-refractivity contribution in [3.63, 3.8) is 0 Å². The number of ether oxygens (including phenoxy) is 2. The van der Waals surface area contributed by atoms with Crippen LogP contribution < -0.4 is 15.8 Å². The maximum atomic E-state index is 14.6. The molecule has 6 nitrogen and oxygen atoms in total. The van der Waals surface area contributed by atoms with Gasteiger partial charge in [-0.3, -0.25) is 4.79 Å². The zero-order valence-corrected chi connectivity index (χ0v) is 19.3. The molecule has 2 aromatic rings. The fourth-order valence-electron chi connectivity index (χ4n) is 2.98. The SMILES string of the molecule is C=CCOC(=O)N[C@@H](C(=O)Nc1ccc([Si](C)(C)C)c(F)c1)c1ccc(COC)cc1. The molecule has 166 valence electrons. The second-order valence-electron chi connectivity index (χ2n) is 8.07. The van der Waals surface area contributed by atoms with Crippen LogP contribution in [0, 0.1) is 5.82 Å². The number of nitrogens with one attached hydrogen (secondary N) is 2. The van der Waals surface area contributed by atoms with Crippen LogP contribution in [0.1, 0.15) is 17.2 Å². The molecule has 0 aliphatic rings. The first-order valence-corrected chi connectivity index (χ1v) is 13.4. The first kappa shape index (κ1) is 24.3. The van der Waals surface area contributed by atoms with Crippen molar-refractivity contribution in [1.82, 2.24) is 5.32 Å². The summed E-state index contributed by atoms with van der Waals surface area (Å²) in [4.78, 5) is 25.1. The molecule has 0 radical (unpaired) electrons. The van der Waals surface area contributed by atoms with E-state index in [-0.39, 0.29) is 12.4 Å². The van der Waals surface area contributed by atoms with Crippen LogP contribution in [0.2, 0.25) is 19.6 Å². The summed E-state index contributed by atoms with van der Waals surface area (Å²) in [5.74, 6) is -0.869. The van der Waals surface area contributed by atoms with Crippen LogP contribution in [-0.4, -0.2) is 33.8 Å². The minimum Gasteiger partial charge on any atom is -0.445 e. The van der Waals surface area contributed by atoms with Gasteiger partial charge in [0.05, 0.1) is 14.7 Å². The van der Waals surface area contributed by atoms with Crippen LogP contribution >= 0.6 is 0 Å². The van der Waals surface area contributed by atoms with Gasteiger partial charge in [0.2, 0.25) is 0 Å². The summed E-state index contributed by atoms with van der Waals surface area (Å²) in [6.07, 6.45) is 0.665. The molecule has 2 amide bonds. The summed E-state index contributed by atoms with van der Waals surface area (Å²) >= 11 is 0. The van der Waals surface area contributed by atoms with Crippen molar-refractivity contribution >= 4 is 30.9 Å². The number of rotatable bonds is 9. The van der Waals surface area contributed by atoms with Crippen molar-refractivity contribution in [1.29, 1.82) is 0 Å². The highest BCUT2D eigenvalue weighted by Crippen LogP contribution is 2.19. The van der Waals surface area contributed by atoms with Crippen molar-refractivity contribution in [3.8, 4) is 0 Å². The first-order chi connectivity index (χ1) is 14.7. The number of hydrogen-bond donors (Lipinski definition) is 2. The Kier molecular flexibility index (Phi) is 8.53. The third-order valence-corrected chi connectivity index (χ3v) is 6.55. The second kappa shape index (κ2) is 10.9. The number of benzene rings is 2. The van der Waals surface area contributed by atoms with Crippen molar-refractivity contribution in [2.24, 2.45) is 0 Å². The van der Waals surface area contributed by atoms with Crippen LogP contribution in [0.15, 0.2) is 55.1 Å². The minimum absolute atomic E-state index is 0.0102. The highest BCUT2D eigenvalue weighted by atomic mass is 28.3. The molecule has 0 spiro atoms. The highest BCUT2D eigenvalue weighted by molar-refractivity contribution is 6.88. The Morgan fingerprint density at radius 2 is 1.84 bits per heavy atom. The number of amides is 2. The Balaban J connectivity index is 2.25. The van der Waals surface area contributed by atoms with Gasteiger partial charge in [-0.05, 0) is 28.4 Å². The topological polar surface area (TPSA) is 76.7 Å². The summed E-state index contributed by atoms with van der Waals surface area (Å²) in [5, 5.41) is 5.92. The second-order valence-corrected chi connectivity index (χ2v) is 13.1. The molecule has 0 aliphatic carbocycles. The molecule has 0 saturated heterocycles. The summed E-state index contributed by atoms with van der Waals surface area (Å²) in [6.45, 7) is 10.1.